The number of aromatic nitrogens is 1. The molecule has 3 N–H and O–H groups in total. The molecule has 0 atom stereocenters. The zero-order valence-electron chi connectivity index (χ0n) is 6.66. The smallest absolute Gasteiger partial charge is 0.152 e. The standard InChI is InChI=1S/C9H7ClN2O/c10-9-7(11)4-5-3-6(13)1-2-8(5)12-9/h1-4,13H,11H2. The van der Waals surface area contributed by atoms with Crippen molar-refractivity contribution in [1.82, 2.24) is 4.98 Å². The maximum atomic E-state index is 9.19. The van der Waals surface area contributed by atoms with E-state index in [1.54, 1.807) is 24.3 Å². The van der Waals surface area contributed by atoms with Gasteiger partial charge >= 0.3 is 0 Å². The second-order valence-corrected chi connectivity index (χ2v) is 3.10. The predicted octanol–water partition coefficient (Wildman–Crippen LogP) is 2.18. The summed E-state index contributed by atoms with van der Waals surface area (Å²) in [6.45, 7) is 0. The number of nitrogens with zero attached hydrogens (tertiary/aromatic N) is 1. The van der Waals surface area contributed by atoms with Crippen LogP contribution in [0, 0.1) is 0 Å². The highest BCUT2D eigenvalue weighted by molar-refractivity contribution is 6.32. The summed E-state index contributed by atoms with van der Waals surface area (Å²) >= 11 is 5.73. The molecule has 0 saturated carbocycles. The predicted molar refractivity (Wildman–Crippen MR) is 52.8 cm³/mol. The molecule has 13 heavy (non-hydrogen) atoms. The summed E-state index contributed by atoms with van der Waals surface area (Å²) in [5, 5.41) is 10.3. The van der Waals surface area contributed by atoms with Crippen molar-refractivity contribution in [3.63, 3.8) is 0 Å². The fourth-order valence-electron chi connectivity index (χ4n) is 1.16. The van der Waals surface area contributed by atoms with E-state index < -0.39 is 0 Å². The van der Waals surface area contributed by atoms with Crippen LogP contribution < -0.4 is 5.73 Å². The lowest BCUT2D eigenvalue weighted by molar-refractivity contribution is 0.476. The van der Waals surface area contributed by atoms with E-state index in [1.165, 1.54) is 0 Å². The van der Waals surface area contributed by atoms with Gasteiger partial charge in [-0.3, -0.25) is 0 Å². The van der Waals surface area contributed by atoms with Gasteiger partial charge in [0, 0.05) is 5.39 Å². The molecule has 4 heteroatoms. The average Bonchev–Trinajstić information content (AvgIpc) is 2.08. The normalized spacial score (nSPS) is 10.5. The van der Waals surface area contributed by atoms with E-state index in [-0.39, 0.29) is 10.9 Å². The molecule has 0 aliphatic carbocycles. The number of benzene rings is 1. The van der Waals surface area contributed by atoms with Crippen molar-refractivity contribution >= 4 is 28.2 Å². The number of aromatic hydroxyl groups is 1. The van der Waals surface area contributed by atoms with Crippen molar-refractivity contribution < 1.29 is 5.11 Å². The van der Waals surface area contributed by atoms with E-state index in [0.29, 0.717) is 5.69 Å². The molecule has 2 rings (SSSR count). The Bertz CT molecular complexity index is 470. The summed E-state index contributed by atoms with van der Waals surface area (Å²) in [5.74, 6) is 0.191. The fourth-order valence-corrected chi connectivity index (χ4v) is 1.30. The zero-order valence-corrected chi connectivity index (χ0v) is 7.42. The van der Waals surface area contributed by atoms with Crippen LogP contribution in [0.1, 0.15) is 0 Å². The molecule has 0 unspecified atom stereocenters. The summed E-state index contributed by atoms with van der Waals surface area (Å²) in [4.78, 5) is 4.05. The van der Waals surface area contributed by atoms with Crippen molar-refractivity contribution in [2.24, 2.45) is 0 Å². The molecule has 1 aromatic carbocycles. The molecule has 0 fully saturated rings. The lowest BCUT2D eigenvalue weighted by Crippen LogP contribution is -1.89. The van der Waals surface area contributed by atoms with Gasteiger partial charge < -0.3 is 10.8 Å². The number of phenols is 1. The van der Waals surface area contributed by atoms with Crippen LogP contribution in [0.4, 0.5) is 5.69 Å². The SMILES string of the molecule is Nc1cc2cc(O)ccc2nc1Cl. The molecule has 0 bridgehead atoms. The number of nitrogen functional groups attached to an aromatic ring is 1. The fraction of sp³-hybridized carbons (Fsp3) is 0. The van der Waals surface area contributed by atoms with Crippen molar-refractivity contribution in [1.29, 1.82) is 0 Å². The minimum Gasteiger partial charge on any atom is -0.508 e. The highest BCUT2D eigenvalue weighted by atomic mass is 35.5. The van der Waals surface area contributed by atoms with Crippen LogP contribution in [-0.2, 0) is 0 Å². The minimum atomic E-state index is 0.191. The molecule has 0 aliphatic heterocycles. The molecule has 2 aromatic rings. The molecule has 1 heterocycles. The summed E-state index contributed by atoms with van der Waals surface area (Å²) in [5.41, 5.74) is 6.70. The molecule has 0 spiro atoms. The first-order valence-corrected chi connectivity index (χ1v) is 4.09. The van der Waals surface area contributed by atoms with E-state index in [1.807, 2.05) is 0 Å². The zero-order chi connectivity index (χ0) is 9.42. The van der Waals surface area contributed by atoms with Crippen LogP contribution >= 0.6 is 11.6 Å². The third kappa shape index (κ3) is 1.38. The van der Waals surface area contributed by atoms with Gasteiger partial charge in [0.25, 0.3) is 0 Å². The Labute approximate surface area is 79.8 Å². The van der Waals surface area contributed by atoms with Crippen molar-refractivity contribution in [3.8, 4) is 5.75 Å². The van der Waals surface area contributed by atoms with E-state index in [0.717, 1.165) is 10.9 Å². The summed E-state index contributed by atoms with van der Waals surface area (Å²) in [7, 11) is 0. The van der Waals surface area contributed by atoms with E-state index in [4.69, 9.17) is 17.3 Å². The first-order valence-electron chi connectivity index (χ1n) is 3.71. The van der Waals surface area contributed by atoms with Crippen LogP contribution in [0.5, 0.6) is 5.75 Å². The number of rotatable bonds is 0. The highest BCUT2D eigenvalue weighted by Gasteiger charge is 2.01. The van der Waals surface area contributed by atoms with Gasteiger partial charge in [0.05, 0.1) is 11.2 Å². The number of fused-ring (bicyclic) bond motifs is 1. The van der Waals surface area contributed by atoms with Crippen molar-refractivity contribution in [2.45, 2.75) is 0 Å². The van der Waals surface area contributed by atoms with E-state index >= 15 is 0 Å². The molecule has 0 radical (unpaired) electrons. The van der Waals surface area contributed by atoms with Crippen LogP contribution in [0.2, 0.25) is 5.15 Å². The van der Waals surface area contributed by atoms with Crippen molar-refractivity contribution in [2.75, 3.05) is 5.73 Å². The van der Waals surface area contributed by atoms with Gasteiger partial charge in [-0.1, -0.05) is 11.6 Å². The van der Waals surface area contributed by atoms with Gasteiger partial charge in [0.15, 0.2) is 5.15 Å². The number of phenolic OH excluding ortho intramolecular Hbond substituents is 1. The molecular formula is C9H7ClN2O. The number of hydrogen-bond acceptors (Lipinski definition) is 3. The second-order valence-electron chi connectivity index (χ2n) is 2.75. The number of nitrogens with two attached hydrogens (primary N) is 1. The van der Waals surface area contributed by atoms with Gasteiger partial charge in [-0.05, 0) is 24.3 Å². The number of halogens is 1. The Morgan fingerprint density at radius 2 is 2.08 bits per heavy atom. The summed E-state index contributed by atoms with van der Waals surface area (Å²) < 4.78 is 0. The maximum absolute atomic E-state index is 9.19. The third-order valence-corrected chi connectivity index (χ3v) is 2.08. The van der Waals surface area contributed by atoms with Gasteiger partial charge in [-0.2, -0.15) is 0 Å². The van der Waals surface area contributed by atoms with E-state index in [9.17, 15) is 5.11 Å². The molecule has 66 valence electrons. The van der Waals surface area contributed by atoms with E-state index in [2.05, 4.69) is 4.98 Å². The number of pyridine rings is 1. The average molecular weight is 195 g/mol. The number of anilines is 1. The topological polar surface area (TPSA) is 59.1 Å². The molecular weight excluding hydrogens is 188 g/mol. The van der Waals surface area contributed by atoms with Gasteiger partial charge in [0.1, 0.15) is 5.75 Å². The lowest BCUT2D eigenvalue weighted by atomic mass is 10.2. The lowest BCUT2D eigenvalue weighted by Gasteiger charge is -2.01. The number of hydrogen-bond donors (Lipinski definition) is 2. The van der Waals surface area contributed by atoms with Crippen LogP contribution in [-0.4, -0.2) is 10.1 Å². The quantitative estimate of drug-likeness (QED) is 0.632. The monoisotopic (exact) mass is 194 g/mol. The Morgan fingerprint density at radius 3 is 2.85 bits per heavy atom. The first kappa shape index (κ1) is 8.13. The van der Waals surface area contributed by atoms with Crippen LogP contribution in [0.25, 0.3) is 10.9 Å². The van der Waals surface area contributed by atoms with Crippen molar-refractivity contribution in [3.05, 3.63) is 29.4 Å². The molecule has 1 aromatic heterocycles. The minimum absolute atomic E-state index is 0.191. The largest absolute Gasteiger partial charge is 0.508 e. The first-order chi connectivity index (χ1) is 6.16. The summed E-state index contributed by atoms with van der Waals surface area (Å²) in [6, 6.07) is 6.53. The van der Waals surface area contributed by atoms with Gasteiger partial charge in [-0.15, -0.1) is 0 Å². The maximum Gasteiger partial charge on any atom is 0.152 e. The van der Waals surface area contributed by atoms with Gasteiger partial charge in [-0.25, -0.2) is 4.98 Å². The second kappa shape index (κ2) is 2.78. The Hall–Kier alpha value is -1.48. The molecule has 3 nitrogen and oxygen atoms in total. The Kier molecular flexibility index (Phi) is 1.74. The summed E-state index contributed by atoms with van der Waals surface area (Å²) in [6.07, 6.45) is 0. The highest BCUT2D eigenvalue weighted by Crippen LogP contribution is 2.24. The molecule has 0 saturated heterocycles. The van der Waals surface area contributed by atoms with Crippen LogP contribution in [0.15, 0.2) is 24.3 Å². The van der Waals surface area contributed by atoms with Gasteiger partial charge in [0.2, 0.25) is 0 Å². The van der Waals surface area contributed by atoms with Crippen LogP contribution in [0.3, 0.4) is 0 Å². The third-order valence-electron chi connectivity index (χ3n) is 1.78. The Balaban J connectivity index is 2.81. The molecule has 0 amide bonds. The Morgan fingerprint density at radius 1 is 1.31 bits per heavy atom. The molecule has 0 aliphatic rings.